The summed E-state index contributed by atoms with van der Waals surface area (Å²) >= 11 is 0. The molecule has 0 spiro atoms. The van der Waals surface area contributed by atoms with Crippen LogP contribution in [-0.2, 0) is 6.61 Å². The van der Waals surface area contributed by atoms with Gasteiger partial charge in [0.15, 0.2) is 5.43 Å². The minimum atomic E-state index is -0.184. The fourth-order valence-corrected chi connectivity index (χ4v) is 4.85. The quantitative estimate of drug-likeness (QED) is 0.471. The highest BCUT2D eigenvalue weighted by atomic mass is 16.3. The molecule has 0 saturated carbocycles. The summed E-state index contributed by atoms with van der Waals surface area (Å²) in [7, 11) is 0. The fraction of sp³-hybridized carbons (Fsp3) is 0.286. The largest absolute Gasteiger partial charge is 0.455 e. The molecule has 3 heterocycles. The van der Waals surface area contributed by atoms with Gasteiger partial charge in [-0.1, -0.05) is 36.4 Å². The van der Waals surface area contributed by atoms with Crippen LogP contribution in [0.2, 0.25) is 0 Å². The van der Waals surface area contributed by atoms with Crippen molar-refractivity contribution in [1.82, 2.24) is 10.3 Å². The number of nitrogens with zero attached hydrogens (tertiary/aromatic N) is 2. The van der Waals surface area contributed by atoms with Crippen molar-refractivity contribution in [3.8, 4) is 22.5 Å². The Balaban J connectivity index is 1.44. The van der Waals surface area contributed by atoms with Crippen molar-refractivity contribution in [2.75, 3.05) is 18.0 Å². The molecule has 2 aromatic heterocycles. The molecule has 174 valence electrons. The number of piperazine rings is 1. The number of aliphatic hydroxyl groups is 1. The van der Waals surface area contributed by atoms with E-state index in [2.05, 4.69) is 37.1 Å². The first-order chi connectivity index (χ1) is 16.4. The summed E-state index contributed by atoms with van der Waals surface area (Å²) in [4.78, 5) is 19.7. The molecule has 5 rings (SSSR count). The Morgan fingerprint density at radius 1 is 1.06 bits per heavy atom. The number of hydrogen-bond acceptors (Lipinski definition) is 6. The first-order valence-electron chi connectivity index (χ1n) is 11.7. The lowest BCUT2D eigenvalue weighted by atomic mass is 10.0. The zero-order valence-electron chi connectivity index (χ0n) is 19.7. The maximum absolute atomic E-state index is 12.6. The number of aliphatic hydroxyl groups excluding tert-OH is 1. The van der Waals surface area contributed by atoms with Crippen molar-refractivity contribution in [1.29, 1.82) is 0 Å². The van der Waals surface area contributed by atoms with E-state index < -0.39 is 0 Å². The average Bonchev–Trinajstić information content (AvgIpc) is 2.83. The highest BCUT2D eigenvalue weighted by Crippen LogP contribution is 2.30. The van der Waals surface area contributed by atoms with E-state index in [0.717, 1.165) is 35.6 Å². The molecule has 0 unspecified atom stereocenters. The summed E-state index contributed by atoms with van der Waals surface area (Å²) in [5, 5.41) is 13.7. The third-order valence-electron chi connectivity index (χ3n) is 6.46. The van der Waals surface area contributed by atoms with Crippen LogP contribution in [0.15, 0.2) is 70.0 Å². The first kappa shape index (κ1) is 22.3. The topological polar surface area (TPSA) is 78.6 Å². The van der Waals surface area contributed by atoms with E-state index in [1.165, 1.54) is 11.6 Å². The maximum Gasteiger partial charge on any atom is 0.193 e. The summed E-state index contributed by atoms with van der Waals surface area (Å²) in [6.45, 7) is 8.22. The zero-order chi connectivity index (χ0) is 23.8. The van der Waals surface area contributed by atoms with E-state index in [1.807, 2.05) is 30.5 Å². The highest BCUT2D eigenvalue weighted by Gasteiger charge is 2.22. The van der Waals surface area contributed by atoms with Gasteiger partial charge in [0.05, 0.1) is 12.0 Å². The molecule has 2 aromatic carbocycles. The van der Waals surface area contributed by atoms with E-state index in [0.29, 0.717) is 34.4 Å². The van der Waals surface area contributed by atoms with Gasteiger partial charge in [0.25, 0.3) is 0 Å². The molecule has 1 saturated heterocycles. The molecule has 2 N–H and O–H groups in total. The van der Waals surface area contributed by atoms with Crippen LogP contribution in [0.25, 0.3) is 33.4 Å². The summed E-state index contributed by atoms with van der Waals surface area (Å²) in [5.41, 5.74) is 5.02. The molecule has 1 fully saturated rings. The standard InChI is InChI=1S/C28H29N3O3/c1-17-11-27(31-14-18(2)30-19(3)15-31)29-13-24(17)20-7-9-21(10-8-20)26-12-25(33)23-6-4-5-22(16-32)28(23)34-26/h4-13,18-19,30,32H,14-16H2,1-3H3/t18-,19+. The SMILES string of the molecule is Cc1cc(N2C[C@@H](C)N[C@@H](C)C2)ncc1-c1ccc(-c2cc(=O)c3cccc(CO)c3o2)cc1. The third-order valence-corrected chi connectivity index (χ3v) is 6.46. The van der Waals surface area contributed by atoms with Gasteiger partial charge in [0, 0.05) is 54.1 Å². The zero-order valence-corrected chi connectivity index (χ0v) is 19.7. The lowest BCUT2D eigenvalue weighted by molar-refractivity contribution is 0.281. The Hall–Kier alpha value is -3.48. The third kappa shape index (κ3) is 4.22. The second kappa shape index (κ2) is 9.05. The molecule has 0 radical (unpaired) electrons. The van der Waals surface area contributed by atoms with Gasteiger partial charge in [0.1, 0.15) is 17.2 Å². The number of pyridine rings is 1. The van der Waals surface area contributed by atoms with Gasteiger partial charge in [-0.25, -0.2) is 4.98 Å². The minimum absolute atomic E-state index is 0.122. The first-order valence-corrected chi connectivity index (χ1v) is 11.7. The van der Waals surface area contributed by atoms with Crippen LogP contribution in [0.1, 0.15) is 25.0 Å². The molecule has 6 heteroatoms. The van der Waals surface area contributed by atoms with Gasteiger partial charge >= 0.3 is 0 Å². The van der Waals surface area contributed by atoms with Crippen molar-refractivity contribution >= 4 is 16.8 Å². The smallest absolute Gasteiger partial charge is 0.193 e. The molecule has 0 amide bonds. The summed E-state index contributed by atoms with van der Waals surface area (Å²) < 4.78 is 6.04. The van der Waals surface area contributed by atoms with Gasteiger partial charge in [-0.15, -0.1) is 0 Å². The normalized spacial score (nSPS) is 18.4. The van der Waals surface area contributed by atoms with Gasteiger partial charge in [-0.3, -0.25) is 4.79 Å². The predicted octanol–water partition coefficient (Wildman–Crippen LogP) is 4.51. The Labute approximate surface area is 198 Å². The number of nitrogens with one attached hydrogen (secondary N) is 1. The van der Waals surface area contributed by atoms with E-state index >= 15 is 0 Å². The molecular formula is C28H29N3O3. The van der Waals surface area contributed by atoms with Crippen LogP contribution in [0.5, 0.6) is 0 Å². The van der Waals surface area contributed by atoms with Gasteiger partial charge in [-0.2, -0.15) is 0 Å². The number of rotatable bonds is 4. The molecular weight excluding hydrogens is 426 g/mol. The van der Waals surface area contributed by atoms with E-state index in [1.54, 1.807) is 18.2 Å². The van der Waals surface area contributed by atoms with Gasteiger partial charge in [0.2, 0.25) is 0 Å². The summed E-state index contributed by atoms with van der Waals surface area (Å²) in [6, 6.07) is 17.7. The second-order valence-corrected chi connectivity index (χ2v) is 9.24. The molecule has 1 aliphatic heterocycles. The van der Waals surface area contributed by atoms with Crippen LogP contribution in [0.3, 0.4) is 0 Å². The van der Waals surface area contributed by atoms with Crippen molar-refractivity contribution in [3.63, 3.8) is 0 Å². The second-order valence-electron chi connectivity index (χ2n) is 9.24. The van der Waals surface area contributed by atoms with Crippen LogP contribution in [-0.4, -0.2) is 35.3 Å². The molecule has 0 bridgehead atoms. The van der Waals surface area contributed by atoms with Crippen LogP contribution in [0.4, 0.5) is 5.82 Å². The van der Waals surface area contributed by atoms with Crippen molar-refractivity contribution in [3.05, 3.63) is 82.1 Å². The molecule has 2 atom stereocenters. The Kier molecular flexibility index (Phi) is 5.94. The lowest BCUT2D eigenvalue weighted by Gasteiger charge is -2.37. The highest BCUT2D eigenvalue weighted by molar-refractivity contribution is 5.82. The van der Waals surface area contributed by atoms with Crippen LogP contribution >= 0.6 is 0 Å². The monoisotopic (exact) mass is 455 g/mol. The molecule has 34 heavy (non-hydrogen) atoms. The number of fused-ring (bicyclic) bond motifs is 1. The van der Waals surface area contributed by atoms with Crippen LogP contribution in [0, 0.1) is 6.92 Å². The predicted molar refractivity (Wildman–Crippen MR) is 136 cm³/mol. The summed E-state index contributed by atoms with van der Waals surface area (Å²) in [6.07, 6.45) is 1.95. The van der Waals surface area contributed by atoms with E-state index in [9.17, 15) is 9.90 Å². The van der Waals surface area contributed by atoms with Crippen LogP contribution < -0.4 is 15.6 Å². The number of benzene rings is 2. The van der Waals surface area contributed by atoms with E-state index in [-0.39, 0.29) is 12.0 Å². The van der Waals surface area contributed by atoms with Crippen molar-refractivity contribution in [2.45, 2.75) is 39.5 Å². The maximum atomic E-state index is 12.6. The number of anilines is 1. The molecule has 0 aliphatic carbocycles. The number of aryl methyl sites for hydroxylation is 1. The molecule has 4 aromatic rings. The Morgan fingerprint density at radius 3 is 2.44 bits per heavy atom. The van der Waals surface area contributed by atoms with Crippen molar-refractivity contribution in [2.24, 2.45) is 0 Å². The van der Waals surface area contributed by atoms with Gasteiger partial charge < -0.3 is 19.7 Å². The van der Waals surface area contributed by atoms with Crippen molar-refractivity contribution < 1.29 is 9.52 Å². The molecule has 1 aliphatic rings. The molecule has 6 nitrogen and oxygen atoms in total. The van der Waals surface area contributed by atoms with Gasteiger partial charge in [-0.05, 0) is 44.0 Å². The lowest BCUT2D eigenvalue weighted by Crippen LogP contribution is -2.54. The van der Waals surface area contributed by atoms with E-state index in [4.69, 9.17) is 9.40 Å². The average molecular weight is 456 g/mol. The minimum Gasteiger partial charge on any atom is -0.455 e. The fourth-order valence-electron chi connectivity index (χ4n) is 4.85. The number of aromatic nitrogens is 1. The number of para-hydroxylation sites is 1. The number of hydrogen-bond donors (Lipinski definition) is 2. The Bertz CT molecular complexity index is 1380. The Morgan fingerprint density at radius 2 is 1.76 bits per heavy atom. The summed E-state index contributed by atoms with van der Waals surface area (Å²) in [5.74, 6) is 1.49.